The van der Waals surface area contributed by atoms with Crippen molar-refractivity contribution in [2.75, 3.05) is 5.32 Å². The second-order valence-corrected chi connectivity index (χ2v) is 8.63. The zero-order valence-corrected chi connectivity index (χ0v) is 19.2. The SMILES string of the molecule is Cc1ccccc1NCc1cc(Br)c(OCc2ccc(Cl)cc2Cl)c(Br)c1. The predicted octanol–water partition coefficient (Wildman–Crippen LogP) is 8.02. The summed E-state index contributed by atoms with van der Waals surface area (Å²) in [4.78, 5) is 0. The van der Waals surface area contributed by atoms with Crippen LogP contribution in [0.15, 0.2) is 63.5 Å². The van der Waals surface area contributed by atoms with E-state index in [-0.39, 0.29) is 0 Å². The molecule has 0 atom stereocenters. The van der Waals surface area contributed by atoms with Gasteiger partial charge in [-0.1, -0.05) is 47.5 Å². The average Bonchev–Trinajstić information content (AvgIpc) is 2.62. The Morgan fingerprint density at radius 2 is 1.67 bits per heavy atom. The van der Waals surface area contributed by atoms with Gasteiger partial charge >= 0.3 is 0 Å². The molecule has 3 rings (SSSR count). The second kappa shape index (κ2) is 9.33. The minimum absolute atomic E-state index is 0.355. The number of halogens is 4. The molecule has 0 unspecified atom stereocenters. The van der Waals surface area contributed by atoms with Crippen LogP contribution in [0.3, 0.4) is 0 Å². The quantitative estimate of drug-likeness (QED) is 0.349. The summed E-state index contributed by atoms with van der Waals surface area (Å²) in [6.07, 6.45) is 0. The molecule has 0 amide bonds. The van der Waals surface area contributed by atoms with Crippen LogP contribution in [0, 0.1) is 6.92 Å². The summed E-state index contributed by atoms with van der Waals surface area (Å²) in [6, 6.07) is 17.7. The fraction of sp³-hybridized carbons (Fsp3) is 0.143. The fourth-order valence-electron chi connectivity index (χ4n) is 2.61. The molecule has 0 spiro atoms. The van der Waals surface area contributed by atoms with E-state index in [1.165, 1.54) is 5.56 Å². The van der Waals surface area contributed by atoms with Crippen molar-refractivity contribution in [3.05, 3.63) is 90.3 Å². The number of benzene rings is 3. The topological polar surface area (TPSA) is 21.3 Å². The molecule has 0 saturated heterocycles. The minimum Gasteiger partial charge on any atom is -0.486 e. The minimum atomic E-state index is 0.355. The first-order valence-corrected chi connectivity index (χ1v) is 10.6. The Morgan fingerprint density at radius 3 is 2.33 bits per heavy atom. The van der Waals surface area contributed by atoms with Crippen molar-refractivity contribution in [2.45, 2.75) is 20.1 Å². The lowest BCUT2D eigenvalue weighted by Crippen LogP contribution is -2.02. The van der Waals surface area contributed by atoms with E-state index in [0.717, 1.165) is 31.5 Å². The molecule has 1 N–H and O–H groups in total. The van der Waals surface area contributed by atoms with E-state index in [9.17, 15) is 0 Å². The zero-order chi connectivity index (χ0) is 19.4. The summed E-state index contributed by atoms with van der Waals surface area (Å²) in [5.74, 6) is 0.737. The number of hydrogen-bond acceptors (Lipinski definition) is 2. The lowest BCUT2D eigenvalue weighted by Gasteiger charge is -2.14. The summed E-state index contributed by atoms with van der Waals surface area (Å²) in [5.41, 5.74) is 4.36. The number of nitrogens with one attached hydrogen (secondary N) is 1. The molecule has 27 heavy (non-hydrogen) atoms. The van der Waals surface area contributed by atoms with Crippen LogP contribution in [0.2, 0.25) is 10.0 Å². The van der Waals surface area contributed by atoms with Gasteiger partial charge in [-0.3, -0.25) is 0 Å². The van der Waals surface area contributed by atoms with Gasteiger partial charge in [0.15, 0.2) is 0 Å². The Morgan fingerprint density at radius 1 is 0.963 bits per heavy atom. The molecule has 6 heteroatoms. The first-order valence-electron chi connectivity index (χ1n) is 8.28. The van der Waals surface area contributed by atoms with E-state index in [1.807, 2.05) is 18.2 Å². The van der Waals surface area contributed by atoms with Gasteiger partial charge in [-0.25, -0.2) is 0 Å². The largest absolute Gasteiger partial charge is 0.486 e. The molecule has 140 valence electrons. The van der Waals surface area contributed by atoms with E-state index in [1.54, 1.807) is 12.1 Å². The Labute approximate surface area is 186 Å². The van der Waals surface area contributed by atoms with Gasteiger partial charge in [-0.15, -0.1) is 0 Å². The van der Waals surface area contributed by atoms with Crippen LogP contribution in [0.5, 0.6) is 5.75 Å². The number of aryl methyl sites for hydroxylation is 1. The van der Waals surface area contributed by atoms with Crippen LogP contribution in [0.1, 0.15) is 16.7 Å². The molecular weight excluding hydrogens is 513 g/mol. The van der Waals surface area contributed by atoms with Crippen molar-refractivity contribution in [1.82, 2.24) is 0 Å². The van der Waals surface area contributed by atoms with Crippen molar-refractivity contribution in [2.24, 2.45) is 0 Å². The van der Waals surface area contributed by atoms with Gasteiger partial charge in [0.1, 0.15) is 12.4 Å². The number of ether oxygens (including phenoxy) is 1. The summed E-state index contributed by atoms with van der Waals surface area (Å²) in [6.45, 7) is 3.16. The number of rotatable bonds is 6. The molecule has 0 aromatic heterocycles. The normalized spacial score (nSPS) is 10.7. The maximum absolute atomic E-state index is 6.22. The molecule has 0 bridgehead atoms. The molecule has 0 aliphatic heterocycles. The Balaban J connectivity index is 1.70. The van der Waals surface area contributed by atoms with Crippen molar-refractivity contribution in [1.29, 1.82) is 0 Å². The summed E-state index contributed by atoms with van der Waals surface area (Å²) < 4.78 is 7.73. The van der Waals surface area contributed by atoms with Crippen LogP contribution in [0.4, 0.5) is 5.69 Å². The third-order valence-corrected chi connectivity index (χ3v) is 5.84. The molecule has 3 aromatic rings. The van der Waals surface area contributed by atoms with Gasteiger partial charge in [0.05, 0.1) is 8.95 Å². The van der Waals surface area contributed by atoms with E-state index >= 15 is 0 Å². The van der Waals surface area contributed by atoms with Crippen molar-refractivity contribution < 1.29 is 4.74 Å². The van der Waals surface area contributed by atoms with Crippen LogP contribution in [0.25, 0.3) is 0 Å². The van der Waals surface area contributed by atoms with Crippen molar-refractivity contribution >= 4 is 60.7 Å². The Kier molecular flexibility index (Phi) is 7.10. The maximum Gasteiger partial charge on any atom is 0.148 e. The molecule has 0 heterocycles. The maximum atomic E-state index is 6.22. The van der Waals surface area contributed by atoms with E-state index in [0.29, 0.717) is 23.2 Å². The molecular formula is C21H17Br2Cl2NO. The highest BCUT2D eigenvalue weighted by atomic mass is 79.9. The smallest absolute Gasteiger partial charge is 0.148 e. The van der Waals surface area contributed by atoms with Gasteiger partial charge in [0, 0.05) is 27.8 Å². The monoisotopic (exact) mass is 527 g/mol. The van der Waals surface area contributed by atoms with E-state index < -0.39 is 0 Å². The summed E-state index contributed by atoms with van der Waals surface area (Å²) >= 11 is 19.4. The lowest BCUT2D eigenvalue weighted by atomic mass is 10.1. The van der Waals surface area contributed by atoms with Crippen molar-refractivity contribution in [3.8, 4) is 5.75 Å². The number of hydrogen-bond donors (Lipinski definition) is 1. The van der Waals surface area contributed by atoms with Crippen LogP contribution in [-0.4, -0.2) is 0 Å². The van der Waals surface area contributed by atoms with Gasteiger partial charge < -0.3 is 10.1 Å². The molecule has 0 aliphatic rings. The first-order chi connectivity index (χ1) is 12.9. The van der Waals surface area contributed by atoms with Crippen LogP contribution in [-0.2, 0) is 13.2 Å². The standard InChI is InChI=1S/C21H17Br2Cl2NO/c1-13-4-2-3-5-20(13)26-11-14-8-17(22)21(18(23)9-14)27-12-15-6-7-16(24)10-19(15)25/h2-10,26H,11-12H2,1H3. The van der Waals surface area contributed by atoms with Gasteiger partial charge in [-0.05, 0) is 80.2 Å². The highest BCUT2D eigenvalue weighted by Gasteiger charge is 2.11. The van der Waals surface area contributed by atoms with E-state index in [4.69, 9.17) is 27.9 Å². The van der Waals surface area contributed by atoms with Crippen LogP contribution < -0.4 is 10.1 Å². The molecule has 3 aromatic carbocycles. The Bertz CT molecular complexity index is 940. The van der Waals surface area contributed by atoms with Gasteiger partial charge in [0.2, 0.25) is 0 Å². The van der Waals surface area contributed by atoms with Crippen LogP contribution >= 0.6 is 55.1 Å². The Hall–Kier alpha value is -1.20. The fourth-order valence-corrected chi connectivity index (χ4v) is 4.58. The molecule has 0 saturated carbocycles. The summed E-state index contributed by atoms with van der Waals surface area (Å²) in [5, 5.41) is 4.66. The molecule has 0 aliphatic carbocycles. The lowest BCUT2D eigenvalue weighted by molar-refractivity contribution is 0.302. The highest BCUT2D eigenvalue weighted by Crippen LogP contribution is 2.36. The molecule has 0 fully saturated rings. The highest BCUT2D eigenvalue weighted by molar-refractivity contribution is 9.11. The number of para-hydroxylation sites is 1. The third kappa shape index (κ3) is 5.41. The van der Waals surface area contributed by atoms with E-state index in [2.05, 4.69) is 68.4 Å². The average molecular weight is 530 g/mol. The predicted molar refractivity (Wildman–Crippen MR) is 121 cm³/mol. The molecule has 0 radical (unpaired) electrons. The third-order valence-electron chi connectivity index (χ3n) is 4.07. The first kappa shape index (κ1) is 20.5. The van der Waals surface area contributed by atoms with Gasteiger partial charge in [0.25, 0.3) is 0 Å². The molecule has 2 nitrogen and oxygen atoms in total. The van der Waals surface area contributed by atoms with Gasteiger partial charge in [-0.2, -0.15) is 0 Å². The summed E-state index contributed by atoms with van der Waals surface area (Å²) in [7, 11) is 0. The second-order valence-electron chi connectivity index (χ2n) is 6.08. The zero-order valence-electron chi connectivity index (χ0n) is 14.5. The number of anilines is 1. The van der Waals surface area contributed by atoms with Crippen molar-refractivity contribution in [3.63, 3.8) is 0 Å².